The summed E-state index contributed by atoms with van der Waals surface area (Å²) in [5.41, 5.74) is 0. The van der Waals surface area contributed by atoms with Crippen molar-refractivity contribution in [3.63, 3.8) is 0 Å². The number of hydrogen-bond acceptors (Lipinski definition) is 5. The van der Waals surface area contributed by atoms with Gasteiger partial charge in [0.25, 0.3) is 0 Å². The summed E-state index contributed by atoms with van der Waals surface area (Å²) in [7, 11) is 0. The van der Waals surface area contributed by atoms with Crippen LogP contribution in [-0.4, -0.2) is 56.8 Å². The van der Waals surface area contributed by atoms with Crippen molar-refractivity contribution >= 4 is 11.9 Å². The average molecular weight is 324 g/mol. The molecule has 0 aliphatic heterocycles. The Morgan fingerprint density at radius 1 is 0.864 bits per heavy atom. The minimum atomic E-state index is -1.23. The fourth-order valence-electron chi connectivity index (χ4n) is 1.10. The van der Waals surface area contributed by atoms with Gasteiger partial charge in [0.2, 0.25) is 0 Å². The SMILES string of the molecule is CC(O)C(=O)O.CCCCCC(=O)O.OCCCCCCO. The van der Waals surface area contributed by atoms with Crippen molar-refractivity contribution in [1.82, 2.24) is 0 Å². The molecule has 134 valence electrons. The van der Waals surface area contributed by atoms with Gasteiger partial charge in [-0.1, -0.05) is 32.6 Å². The first-order valence-corrected chi connectivity index (χ1v) is 7.67. The third-order valence-corrected chi connectivity index (χ3v) is 2.42. The van der Waals surface area contributed by atoms with Crippen LogP contribution in [0.5, 0.6) is 0 Å². The fourth-order valence-corrected chi connectivity index (χ4v) is 1.10. The van der Waals surface area contributed by atoms with Crippen LogP contribution in [0.3, 0.4) is 0 Å². The van der Waals surface area contributed by atoms with E-state index in [1.54, 1.807) is 0 Å². The number of carboxylic acid groups (broad SMARTS) is 2. The number of rotatable bonds is 10. The maximum Gasteiger partial charge on any atom is 0.332 e. The number of hydrogen-bond donors (Lipinski definition) is 5. The maximum absolute atomic E-state index is 9.87. The Balaban J connectivity index is -0.000000249. The topological polar surface area (TPSA) is 135 Å². The molecule has 0 spiro atoms. The van der Waals surface area contributed by atoms with Gasteiger partial charge in [-0.05, 0) is 26.2 Å². The Hall–Kier alpha value is -1.18. The number of carboxylic acids is 2. The van der Waals surface area contributed by atoms with E-state index >= 15 is 0 Å². The molecule has 0 saturated carbocycles. The van der Waals surface area contributed by atoms with Crippen molar-refractivity contribution in [2.24, 2.45) is 0 Å². The van der Waals surface area contributed by atoms with Gasteiger partial charge in [0.1, 0.15) is 6.10 Å². The van der Waals surface area contributed by atoms with Crippen LogP contribution in [0, 0.1) is 0 Å². The van der Waals surface area contributed by atoms with Crippen LogP contribution < -0.4 is 0 Å². The van der Waals surface area contributed by atoms with E-state index in [1.807, 2.05) is 0 Å². The zero-order valence-corrected chi connectivity index (χ0v) is 13.7. The molecule has 0 amide bonds. The van der Waals surface area contributed by atoms with E-state index in [0.717, 1.165) is 44.9 Å². The Morgan fingerprint density at radius 2 is 1.27 bits per heavy atom. The molecule has 0 fully saturated rings. The molecule has 0 aromatic carbocycles. The Labute approximate surface area is 132 Å². The zero-order chi connectivity index (χ0) is 17.8. The Morgan fingerprint density at radius 3 is 1.50 bits per heavy atom. The minimum Gasteiger partial charge on any atom is -0.481 e. The smallest absolute Gasteiger partial charge is 0.332 e. The third-order valence-electron chi connectivity index (χ3n) is 2.42. The molecule has 7 heteroatoms. The summed E-state index contributed by atoms with van der Waals surface area (Å²) < 4.78 is 0. The molecule has 0 bridgehead atoms. The summed E-state index contributed by atoms with van der Waals surface area (Å²) in [6, 6.07) is 0. The molecule has 0 radical (unpaired) electrons. The lowest BCUT2D eigenvalue weighted by atomic mass is 10.2. The van der Waals surface area contributed by atoms with Gasteiger partial charge in [0, 0.05) is 19.6 Å². The lowest BCUT2D eigenvalue weighted by molar-refractivity contribution is -0.145. The molecular formula is C15H32O7. The van der Waals surface area contributed by atoms with E-state index in [-0.39, 0.29) is 13.2 Å². The van der Waals surface area contributed by atoms with Crippen molar-refractivity contribution in [3.05, 3.63) is 0 Å². The van der Waals surface area contributed by atoms with E-state index in [1.165, 1.54) is 6.92 Å². The first kappa shape index (κ1) is 25.8. The largest absolute Gasteiger partial charge is 0.481 e. The van der Waals surface area contributed by atoms with Crippen LogP contribution in [0.1, 0.15) is 65.2 Å². The van der Waals surface area contributed by atoms with Gasteiger partial charge >= 0.3 is 11.9 Å². The molecule has 0 aliphatic rings. The minimum absolute atomic E-state index is 0.283. The summed E-state index contributed by atoms with van der Waals surface area (Å²) in [6.45, 7) is 3.82. The number of aliphatic carboxylic acids is 2. The summed E-state index contributed by atoms with van der Waals surface area (Å²) >= 11 is 0. The normalized spacial score (nSPS) is 10.6. The van der Waals surface area contributed by atoms with Gasteiger partial charge in [0.05, 0.1) is 0 Å². The Kier molecular flexibility index (Phi) is 25.9. The second-order valence-electron chi connectivity index (χ2n) is 4.73. The summed E-state index contributed by atoms with van der Waals surface area (Å²) in [5, 5.41) is 40.5. The van der Waals surface area contributed by atoms with Gasteiger partial charge in [-0.15, -0.1) is 0 Å². The molecule has 0 rings (SSSR count). The fraction of sp³-hybridized carbons (Fsp3) is 0.867. The van der Waals surface area contributed by atoms with Crippen LogP contribution in [0.2, 0.25) is 0 Å². The summed E-state index contributed by atoms with van der Waals surface area (Å²) in [5.74, 6) is -1.87. The molecule has 7 nitrogen and oxygen atoms in total. The van der Waals surface area contributed by atoms with Crippen LogP contribution in [-0.2, 0) is 9.59 Å². The third kappa shape index (κ3) is 36.4. The van der Waals surface area contributed by atoms with Crippen molar-refractivity contribution in [1.29, 1.82) is 0 Å². The molecule has 0 saturated heterocycles. The lowest BCUT2D eigenvalue weighted by Crippen LogP contribution is -2.13. The molecule has 0 aliphatic carbocycles. The molecule has 0 aromatic heterocycles. The summed E-state index contributed by atoms with van der Waals surface area (Å²) in [4.78, 5) is 19.3. The van der Waals surface area contributed by atoms with Crippen molar-refractivity contribution < 1.29 is 35.1 Å². The first-order chi connectivity index (χ1) is 10.3. The van der Waals surface area contributed by atoms with Crippen LogP contribution >= 0.6 is 0 Å². The number of carbonyl (C=O) groups is 2. The molecule has 1 atom stereocenters. The lowest BCUT2D eigenvalue weighted by Gasteiger charge is -1.93. The van der Waals surface area contributed by atoms with Crippen LogP contribution in [0.15, 0.2) is 0 Å². The Bertz CT molecular complexity index is 236. The number of aliphatic hydroxyl groups is 3. The predicted molar refractivity (Wildman–Crippen MR) is 83.7 cm³/mol. The average Bonchev–Trinajstić information content (AvgIpc) is 2.45. The molecule has 5 N–H and O–H groups in total. The molecule has 0 heterocycles. The van der Waals surface area contributed by atoms with E-state index in [4.69, 9.17) is 25.5 Å². The second-order valence-corrected chi connectivity index (χ2v) is 4.73. The molecular weight excluding hydrogens is 292 g/mol. The van der Waals surface area contributed by atoms with Gasteiger partial charge in [-0.25, -0.2) is 4.79 Å². The van der Waals surface area contributed by atoms with Gasteiger partial charge in [0.15, 0.2) is 0 Å². The maximum atomic E-state index is 9.87. The van der Waals surface area contributed by atoms with E-state index < -0.39 is 18.0 Å². The highest BCUT2D eigenvalue weighted by Crippen LogP contribution is 1.97. The molecule has 0 aromatic rings. The molecule has 1 unspecified atom stereocenters. The monoisotopic (exact) mass is 324 g/mol. The summed E-state index contributed by atoms with van der Waals surface area (Å²) in [6.07, 6.45) is 5.87. The highest BCUT2D eigenvalue weighted by Gasteiger charge is 2.01. The number of unbranched alkanes of at least 4 members (excludes halogenated alkanes) is 5. The standard InChI is InChI=1S/C6H12O2.C6H14O2.C3H6O3/c1-2-3-4-5-6(7)8;7-5-3-1-2-4-6-8;1-2(4)3(5)6/h2-5H2,1H3,(H,7,8);7-8H,1-6H2;2,4H,1H3,(H,5,6). The quantitative estimate of drug-likeness (QED) is 0.385. The predicted octanol–water partition coefficient (Wildman–Crippen LogP) is 1.63. The van der Waals surface area contributed by atoms with Crippen LogP contribution in [0.4, 0.5) is 0 Å². The van der Waals surface area contributed by atoms with Gasteiger partial charge in [-0.2, -0.15) is 0 Å². The van der Waals surface area contributed by atoms with E-state index in [0.29, 0.717) is 6.42 Å². The number of aliphatic hydroxyl groups excluding tert-OH is 3. The second kappa shape index (κ2) is 22.1. The van der Waals surface area contributed by atoms with E-state index in [9.17, 15) is 9.59 Å². The first-order valence-electron chi connectivity index (χ1n) is 7.67. The van der Waals surface area contributed by atoms with Crippen molar-refractivity contribution in [2.75, 3.05) is 13.2 Å². The van der Waals surface area contributed by atoms with Crippen LogP contribution in [0.25, 0.3) is 0 Å². The van der Waals surface area contributed by atoms with Crippen molar-refractivity contribution in [2.45, 2.75) is 71.3 Å². The van der Waals surface area contributed by atoms with Gasteiger partial charge in [-0.3, -0.25) is 4.79 Å². The van der Waals surface area contributed by atoms with Gasteiger partial charge < -0.3 is 25.5 Å². The molecule has 22 heavy (non-hydrogen) atoms. The zero-order valence-electron chi connectivity index (χ0n) is 13.7. The van der Waals surface area contributed by atoms with E-state index in [2.05, 4.69) is 6.92 Å². The van der Waals surface area contributed by atoms with Crippen molar-refractivity contribution in [3.8, 4) is 0 Å². The highest BCUT2D eigenvalue weighted by molar-refractivity contribution is 5.71. The highest BCUT2D eigenvalue weighted by atomic mass is 16.4.